The number of rotatable bonds is 4. The fourth-order valence-corrected chi connectivity index (χ4v) is 4.70. The normalized spacial score (nSPS) is 19.9. The standard InChI is InChI=1S/C23H27N3O4/c24-20(27)14-15-9-12-25(13-10-15)23(30)19-6-3-11-26(19)22(29)18-8-7-16-4-1-2-5-17(16)21(18)28/h1-2,4-5,7-8,15,19,28H,3,6,9-14H2,(H2,24,27). The maximum absolute atomic E-state index is 13.2. The molecule has 0 aromatic heterocycles. The summed E-state index contributed by atoms with van der Waals surface area (Å²) in [7, 11) is 0. The Balaban J connectivity index is 1.48. The van der Waals surface area contributed by atoms with Crippen molar-refractivity contribution in [1.29, 1.82) is 0 Å². The number of primary amides is 1. The molecule has 7 nitrogen and oxygen atoms in total. The van der Waals surface area contributed by atoms with Gasteiger partial charge in [-0.15, -0.1) is 0 Å². The molecule has 2 aromatic rings. The third-order valence-electron chi connectivity index (χ3n) is 6.35. The number of nitrogens with zero attached hydrogens (tertiary/aromatic N) is 2. The highest BCUT2D eigenvalue weighted by atomic mass is 16.3. The summed E-state index contributed by atoms with van der Waals surface area (Å²) in [6.45, 7) is 1.66. The minimum Gasteiger partial charge on any atom is -0.506 e. The smallest absolute Gasteiger partial charge is 0.258 e. The maximum Gasteiger partial charge on any atom is 0.258 e. The molecule has 0 spiro atoms. The quantitative estimate of drug-likeness (QED) is 0.808. The van der Waals surface area contributed by atoms with Crippen molar-refractivity contribution in [2.24, 2.45) is 11.7 Å². The van der Waals surface area contributed by atoms with Gasteiger partial charge in [0.1, 0.15) is 11.8 Å². The van der Waals surface area contributed by atoms with E-state index in [1.54, 1.807) is 21.9 Å². The van der Waals surface area contributed by atoms with Gasteiger partial charge in [-0.1, -0.05) is 30.3 Å². The first-order valence-corrected chi connectivity index (χ1v) is 10.5. The minimum absolute atomic E-state index is 0.0385. The van der Waals surface area contributed by atoms with Gasteiger partial charge in [-0.05, 0) is 43.1 Å². The first kappa shape index (κ1) is 20.2. The number of hydrogen-bond acceptors (Lipinski definition) is 4. The SMILES string of the molecule is NC(=O)CC1CCN(C(=O)C2CCCN2C(=O)c2ccc3ccccc3c2O)CC1. The van der Waals surface area contributed by atoms with Gasteiger partial charge in [0.25, 0.3) is 5.91 Å². The first-order valence-electron chi connectivity index (χ1n) is 10.5. The number of carbonyl (C=O) groups is 3. The summed E-state index contributed by atoms with van der Waals surface area (Å²) in [4.78, 5) is 40.9. The van der Waals surface area contributed by atoms with E-state index in [9.17, 15) is 19.5 Å². The van der Waals surface area contributed by atoms with Gasteiger partial charge in [0.05, 0.1) is 5.56 Å². The molecule has 7 heteroatoms. The molecule has 2 fully saturated rings. The lowest BCUT2D eigenvalue weighted by Crippen LogP contribution is -2.50. The number of nitrogens with two attached hydrogens (primary N) is 1. The zero-order valence-electron chi connectivity index (χ0n) is 16.9. The number of amides is 3. The van der Waals surface area contributed by atoms with Gasteiger partial charge >= 0.3 is 0 Å². The van der Waals surface area contributed by atoms with E-state index >= 15 is 0 Å². The van der Waals surface area contributed by atoms with Gasteiger partial charge in [-0.25, -0.2) is 0 Å². The second-order valence-electron chi connectivity index (χ2n) is 8.28. The number of benzene rings is 2. The van der Waals surface area contributed by atoms with E-state index in [2.05, 4.69) is 0 Å². The van der Waals surface area contributed by atoms with Crippen LogP contribution < -0.4 is 5.73 Å². The Bertz CT molecular complexity index is 982. The summed E-state index contributed by atoms with van der Waals surface area (Å²) in [5, 5.41) is 12.2. The first-order chi connectivity index (χ1) is 14.5. The van der Waals surface area contributed by atoms with Gasteiger partial charge in [-0.2, -0.15) is 0 Å². The highest BCUT2D eigenvalue weighted by Crippen LogP contribution is 2.32. The number of likely N-dealkylation sites (tertiary alicyclic amines) is 2. The minimum atomic E-state index is -0.504. The Morgan fingerprint density at radius 1 is 1.00 bits per heavy atom. The van der Waals surface area contributed by atoms with Crippen molar-refractivity contribution < 1.29 is 19.5 Å². The summed E-state index contributed by atoms with van der Waals surface area (Å²) >= 11 is 0. The predicted molar refractivity (Wildman–Crippen MR) is 113 cm³/mol. The number of hydrogen-bond donors (Lipinski definition) is 2. The molecule has 158 valence electrons. The zero-order chi connectivity index (χ0) is 21.3. The zero-order valence-corrected chi connectivity index (χ0v) is 16.9. The molecule has 4 rings (SSSR count). The topological polar surface area (TPSA) is 104 Å². The van der Waals surface area contributed by atoms with E-state index in [1.165, 1.54) is 0 Å². The van der Waals surface area contributed by atoms with Crippen molar-refractivity contribution in [3.05, 3.63) is 42.0 Å². The largest absolute Gasteiger partial charge is 0.506 e. The fourth-order valence-electron chi connectivity index (χ4n) is 4.70. The van der Waals surface area contributed by atoms with Crippen LogP contribution in [0.5, 0.6) is 5.75 Å². The number of aromatic hydroxyl groups is 1. The second-order valence-corrected chi connectivity index (χ2v) is 8.28. The van der Waals surface area contributed by atoms with Crippen LogP contribution in [0.1, 0.15) is 42.5 Å². The highest BCUT2D eigenvalue weighted by Gasteiger charge is 2.38. The maximum atomic E-state index is 13.2. The molecule has 2 aliphatic rings. The van der Waals surface area contributed by atoms with E-state index in [4.69, 9.17) is 5.73 Å². The van der Waals surface area contributed by atoms with Crippen LogP contribution in [0.15, 0.2) is 36.4 Å². The van der Waals surface area contributed by atoms with Crippen LogP contribution in [0.4, 0.5) is 0 Å². The second kappa shape index (κ2) is 8.34. The van der Waals surface area contributed by atoms with E-state index in [1.807, 2.05) is 24.3 Å². The summed E-state index contributed by atoms with van der Waals surface area (Å²) in [5.74, 6) is -0.468. The number of carbonyl (C=O) groups excluding carboxylic acids is 3. The third kappa shape index (κ3) is 3.84. The number of phenols is 1. The van der Waals surface area contributed by atoms with Crippen LogP contribution in [-0.4, -0.2) is 58.3 Å². The Morgan fingerprint density at radius 2 is 1.73 bits per heavy atom. The lowest BCUT2D eigenvalue weighted by Gasteiger charge is -2.35. The summed E-state index contributed by atoms with van der Waals surface area (Å²) in [6, 6.07) is 10.3. The van der Waals surface area contributed by atoms with Crippen LogP contribution in [0.25, 0.3) is 10.8 Å². The van der Waals surface area contributed by atoms with Crippen molar-refractivity contribution >= 4 is 28.5 Å². The van der Waals surface area contributed by atoms with Crippen molar-refractivity contribution in [2.75, 3.05) is 19.6 Å². The molecular formula is C23H27N3O4. The van der Waals surface area contributed by atoms with Gasteiger partial charge in [-0.3, -0.25) is 14.4 Å². The molecule has 2 aromatic carbocycles. The lowest BCUT2D eigenvalue weighted by molar-refractivity contribution is -0.136. The van der Waals surface area contributed by atoms with Gasteiger partial charge in [0, 0.05) is 31.4 Å². The van der Waals surface area contributed by atoms with E-state index < -0.39 is 6.04 Å². The Kier molecular flexibility index (Phi) is 5.61. The summed E-state index contributed by atoms with van der Waals surface area (Å²) in [5.41, 5.74) is 5.52. The average Bonchev–Trinajstić information content (AvgIpc) is 3.23. The monoisotopic (exact) mass is 409 g/mol. The van der Waals surface area contributed by atoms with Crippen LogP contribution in [0.2, 0.25) is 0 Å². The lowest BCUT2D eigenvalue weighted by atomic mass is 9.93. The van der Waals surface area contributed by atoms with Crippen molar-refractivity contribution in [2.45, 2.75) is 38.1 Å². The summed E-state index contributed by atoms with van der Waals surface area (Å²) in [6.07, 6.45) is 3.24. The van der Waals surface area contributed by atoms with E-state index in [-0.39, 0.29) is 35.0 Å². The van der Waals surface area contributed by atoms with Gasteiger partial charge in [0.15, 0.2) is 0 Å². The third-order valence-corrected chi connectivity index (χ3v) is 6.35. The van der Waals surface area contributed by atoms with Crippen LogP contribution in [0.3, 0.4) is 0 Å². The van der Waals surface area contributed by atoms with E-state index in [0.29, 0.717) is 37.9 Å². The molecule has 0 radical (unpaired) electrons. The number of fused-ring (bicyclic) bond motifs is 1. The van der Waals surface area contributed by atoms with E-state index in [0.717, 1.165) is 24.6 Å². The molecule has 0 aliphatic carbocycles. The molecule has 2 heterocycles. The Labute approximate surface area is 175 Å². The Hall–Kier alpha value is -3.09. The van der Waals surface area contributed by atoms with Crippen molar-refractivity contribution in [3.63, 3.8) is 0 Å². The molecule has 3 N–H and O–H groups in total. The molecule has 30 heavy (non-hydrogen) atoms. The number of piperidine rings is 1. The molecule has 2 aliphatic heterocycles. The van der Waals surface area contributed by atoms with Crippen molar-refractivity contribution in [1.82, 2.24) is 9.80 Å². The van der Waals surface area contributed by atoms with Crippen LogP contribution in [-0.2, 0) is 9.59 Å². The molecular weight excluding hydrogens is 382 g/mol. The Morgan fingerprint density at radius 3 is 2.47 bits per heavy atom. The van der Waals surface area contributed by atoms with Gasteiger partial charge < -0.3 is 20.6 Å². The molecule has 0 saturated carbocycles. The van der Waals surface area contributed by atoms with Crippen LogP contribution >= 0.6 is 0 Å². The summed E-state index contributed by atoms with van der Waals surface area (Å²) < 4.78 is 0. The molecule has 1 unspecified atom stereocenters. The molecule has 0 bridgehead atoms. The predicted octanol–water partition coefficient (Wildman–Crippen LogP) is 2.26. The van der Waals surface area contributed by atoms with Gasteiger partial charge in [0.2, 0.25) is 11.8 Å². The highest BCUT2D eigenvalue weighted by molar-refractivity contribution is 6.05. The fraction of sp³-hybridized carbons (Fsp3) is 0.435. The molecule has 2 saturated heterocycles. The molecule has 1 atom stereocenters. The number of phenolic OH excluding ortho intramolecular Hbond substituents is 1. The average molecular weight is 409 g/mol. The molecule has 3 amide bonds. The van der Waals surface area contributed by atoms with Crippen LogP contribution in [0, 0.1) is 5.92 Å². The van der Waals surface area contributed by atoms with Crippen molar-refractivity contribution in [3.8, 4) is 5.75 Å².